The third-order valence-electron chi connectivity index (χ3n) is 5.44. The van der Waals surface area contributed by atoms with E-state index in [0.717, 1.165) is 0 Å². The molecule has 0 unspecified atom stereocenters. The maximum Gasteiger partial charge on any atom is 0.306 e. The molecule has 0 aliphatic carbocycles. The molecule has 3 amide bonds. The number of carbonyl (C=O) groups excluding carboxylic acids is 4. The summed E-state index contributed by atoms with van der Waals surface area (Å²) in [7, 11) is 0. The molecule has 1 aliphatic rings. The lowest BCUT2D eigenvalue weighted by atomic mass is 9.91. The fourth-order valence-corrected chi connectivity index (χ4v) is 3.41. The summed E-state index contributed by atoms with van der Waals surface area (Å²) in [4.78, 5) is 55.4. The highest BCUT2D eigenvalue weighted by Gasteiger charge is 2.33. The molecule has 1 fully saturated rings. The molecule has 6 N–H and O–H groups in total. The first-order valence-corrected chi connectivity index (χ1v) is 12.1. The van der Waals surface area contributed by atoms with Gasteiger partial charge in [-0.15, -0.1) is 0 Å². The Labute approximate surface area is 216 Å². The molecule has 2 heterocycles. The molecule has 2 aromatic rings. The zero-order chi connectivity index (χ0) is 26.3. The molecule has 1 aliphatic heterocycles. The minimum absolute atomic E-state index is 0.247. The molecule has 36 heavy (non-hydrogen) atoms. The Kier molecular flexibility index (Phi) is 8.80. The standard InChI is InChI=1S/C23H28BrN7O5/c1-23(2,20(25)34)21(35)27-11-3-10-26-18-15(24)12-28-22(31-18)30-14-6-4-13(5-7-14)29-19(33)16-8-9-17(32)36-16/h4-7,12,16H,3,8-11H2,1-2H3,(H2,25,34)(H,27,35)(H,29,33)(H2,26,28,30,31)/t16-/m1/s1. The van der Waals surface area contributed by atoms with Crippen LogP contribution in [0.4, 0.5) is 23.1 Å². The van der Waals surface area contributed by atoms with Crippen LogP contribution in [0.2, 0.25) is 0 Å². The molecule has 3 rings (SSSR count). The van der Waals surface area contributed by atoms with Crippen molar-refractivity contribution in [3.05, 3.63) is 34.9 Å². The number of amides is 3. The van der Waals surface area contributed by atoms with E-state index in [1.54, 1.807) is 30.5 Å². The lowest BCUT2D eigenvalue weighted by molar-refractivity contribution is -0.146. The smallest absolute Gasteiger partial charge is 0.306 e. The summed E-state index contributed by atoms with van der Waals surface area (Å²) in [6.45, 7) is 3.83. The normalized spacial score (nSPS) is 15.1. The second-order valence-corrected chi connectivity index (χ2v) is 9.48. The number of benzene rings is 1. The van der Waals surface area contributed by atoms with Crippen molar-refractivity contribution in [2.75, 3.05) is 29.0 Å². The van der Waals surface area contributed by atoms with Gasteiger partial charge in [-0.2, -0.15) is 4.98 Å². The van der Waals surface area contributed by atoms with Crippen LogP contribution in [0.25, 0.3) is 0 Å². The van der Waals surface area contributed by atoms with Gasteiger partial charge in [0.1, 0.15) is 11.2 Å². The first kappa shape index (κ1) is 26.9. The Morgan fingerprint density at radius 3 is 2.50 bits per heavy atom. The quantitative estimate of drug-likeness (QED) is 0.156. The van der Waals surface area contributed by atoms with Crippen molar-refractivity contribution in [1.29, 1.82) is 0 Å². The summed E-state index contributed by atoms with van der Waals surface area (Å²) in [6.07, 6.45) is 2.07. The molecular weight excluding hydrogens is 534 g/mol. The van der Waals surface area contributed by atoms with Gasteiger partial charge in [-0.05, 0) is 60.5 Å². The van der Waals surface area contributed by atoms with E-state index in [0.29, 0.717) is 53.5 Å². The van der Waals surface area contributed by atoms with Crippen molar-refractivity contribution in [2.45, 2.75) is 39.2 Å². The first-order chi connectivity index (χ1) is 17.1. The summed E-state index contributed by atoms with van der Waals surface area (Å²) in [5, 5.41) is 11.7. The van der Waals surface area contributed by atoms with Crippen LogP contribution in [0.5, 0.6) is 0 Å². The van der Waals surface area contributed by atoms with Crippen molar-refractivity contribution in [2.24, 2.45) is 11.1 Å². The number of cyclic esters (lactones) is 1. The maximum atomic E-state index is 12.2. The lowest BCUT2D eigenvalue weighted by Crippen LogP contribution is -2.46. The molecule has 1 atom stereocenters. The fourth-order valence-electron chi connectivity index (χ4n) is 3.08. The van der Waals surface area contributed by atoms with Gasteiger partial charge in [-0.3, -0.25) is 19.2 Å². The van der Waals surface area contributed by atoms with Crippen LogP contribution in [-0.4, -0.2) is 52.9 Å². The fraction of sp³-hybridized carbons (Fsp3) is 0.391. The van der Waals surface area contributed by atoms with Crippen molar-refractivity contribution in [1.82, 2.24) is 15.3 Å². The number of hydrogen-bond acceptors (Lipinski definition) is 9. The van der Waals surface area contributed by atoms with Crippen LogP contribution in [0, 0.1) is 5.41 Å². The number of esters is 1. The van der Waals surface area contributed by atoms with E-state index in [2.05, 4.69) is 47.2 Å². The van der Waals surface area contributed by atoms with E-state index >= 15 is 0 Å². The second-order valence-electron chi connectivity index (χ2n) is 8.62. The molecule has 192 valence electrons. The maximum absolute atomic E-state index is 12.2. The highest BCUT2D eigenvalue weighted by Crippen LogP contribution is 2.23. The molecular formula is C23H28BrN7O5. The monoisotopic (exact) mass is 561 g/mol. The van der Waals surface area contributed by atoms with E-state index in [9.17, 15) is 19.2 Å². The second kappa shape index (κ2) is 11.8. The predicted octanol–water partition coefficient (Wildman–Crippen LogP) is 2.06. The molecule has 13 heteroatoms. The Hall–Kier alpha value is -3.74. The van der Waals surface area contributed by atoms with Gasteiger partial charge in [-0.1, -0.05) is 0 Å². The summed E-state index contributed by atoms with van der Waals surface area (Å²) < 4.78 is 5.63. The van der Waals surface area contributed by atoms with Crippen LogP contribution < -0.4 is 27.0 Å². The summed E-state index contributed by atoms with van der Waals surface area (Å²) in [6, 6.07) is 6.93. The zero-order valence-electron chi connectivity index (χ0n) is 19.9. The van der Waals surface area contributed by atoms with Gasteiger partial charge in [0.25, 0.3) is 5.91 Å². The summed E-state index contributed by atoms with van der Waals surface area (Å²) in [5.41, 5.74) is 5.25. The highest BCUT2D eigenvalue weighted by atomic mass is 79.9. The number of rotatable bonds is 11. The number of halogens is 1. The average Bonchev–Trinajstić information content (AvgIpc) is 3.28. The van der Waals surface area contributed by atoms with Gasteiger partial charge in [0, 0.05) is 43.5 Å². The molecule has 12 nitrogen and oxygen atoms in total. The third-order valence-corrected chi connectivity index (χ3v) is 6.03. The van der Waals surface area contributed by atoms with E-state index in [1.807, 2.05) is 0 Å². The van der Waals surface area contributed by atoms with Gasteiger partial charge in [0.15, 0.2) is 6.10 Å². The highest BCUT2D eigenvalue weighted by molar-refractivity contribution is 9.10. The van der Waals surface area contributed by atoms with Gasteiger partial charge in [0.2, 0.25) is 17.8 Å². The average molecular weight is 562 g/mol. The van der Waals surface area contributed by atoms with E-state index < -0.39 is 23.3 Å². The number of nitrogens with zero attached hydrogens (tertiary/aromatic N) is 2. The topological polar surface area (TPSA) is 177 Å². The van der Waals surface area contributed by atoms with E-state index in [1.165, 1.54) is 13.8 Å². The Morgan fingerprint density at radius 1 is 1.17 bits per heavy atom. The minimum Gasteiger partial charge on any atom is -0.452 e. The summed E-state index contributed by atoms with van der Waals surface area (Å²) >= 11 is 3.41. The number of nitrogens with two attached hydrogens (primary N) is 1. The summed E-state index contributed by atoms with van der Waals surface area (Å²) in [5.74, 6) is -0.909. The van der Waals surface area contributed by atoms with Gasteiger partial charge < -0.3 is 31.7 Å². The lowest BCUT2D eigenvalue weighted by Gasteiger charge is -2.19. The molecule has 0 saturated carbocycles. The SMILES string of the molecule is CC(C)(C(N)=O)C(=O)NCCCNc1nc(Nc2ccc(NC(=O)[C@H]3CCC(=O)O3)cc2)ncc1Br. The van der Waals surface area contributed by atoms with Crippen molar-refractivity contribution >= 4 is 62.8 Å². The van der Waals surface area contributed by atoms with Crippen LogP contribution in [0.15, 0.2) is 34.9 Å². The number of nitrogens with one attached hydrogen (secondary N) is 4. The van der Waals surface area contributed by atoms with Crippen LogP contribution in [0.3, 0.4) is 0 Å². The number of primary amides is 1. The number of aromatic nitrogens is 2. The zero-order valence-corrected chi connectivity index (χ0v) is 21.5. The molecule has 1 saturated heterocycles. The molecule has 0 bridgehead atoms. The van der Waals surface area contributed by atoms with Gasteiger partial charge in [-0.25, -0.2) is 4.98 Å². The van der Waals surface area contributed by atoms with Crippen LogP contribution >= 0.6 is 15.9 Å². The van der Waals surface area contributed by atoms with Crippen molar-refractivity contribution in [3.8, 4) is 0 Å². The van der Waals surface area contributed by atoms with Crippen LogP contribution in [-0.2, 0) is 23.9 Å². The Balaban J connectivity index is 1.48. The minimum atomic E-state index is -1.27. The van der Waals surface area contributed by atoms with Gasteiger partial charge >= 0.3 is 5.97 Å². The Morgan fingerprint density at radius 2 is 1.86 bits per heavy atom. The molecule has 1 aromatic carbocycles. The van der Waals surface area contributed by atoms with E-state index in [4.69, 9.17) is 10.5 Å². The van der Waals surface area contributed by atoms with Crippen molar-refractivity contribution < 1.29 is 23.9 Å². The largest absolute Gasteiger partial charge is 0.452 e. The first-order valence-electron chi connectivity index (χ1n) is 11.3. The predicted molar refractivity (Wildman–Crippen MR) is 136 cm³/mol. The number of hydrogen-bond donors (Lipinski definition) is 5. The number of ether oxygens (including phenoxy) is 1. The van der Waals surface area contributed by atoms with Crippen LogP contribution in [0.1, 0.15) is 33.1 Å². The molecule has 0 radical (unpaired) electrons. The third kappa shape index (κ3) is 7.13. The van der Waals surface area contributed by atoms with Gasteiger partial charge in [0.05, 0.1) is 4.47 Å². The molecule has 0 spiro atoms. The van der Waals surface area contributed by atoms with Crippen molar-refractivity contribution in [3.63, 3.8) is 0 Å². The van der Waals surface area contributed by atoms with E-state index in [-0.39, 0.29) is 18.3 Å². The number of carbonyl (C=O) groups is 4. The number of anilines is 4. The molecule has 1 aromatic heterocycles. The Bertz CT molecular complexity index is 1140.